The number of rotatable bonds is 12. The van der Waals surface area contributed by atoms with Gasteiger partial charge in [-0.15, -0.1) is 0 Å². The number of aryl methyl sites for hydroxylation is 3. The molecule has 0 saturated heterocycles. The van der Waals surface area contributed by atoms with E-state index in [0.29, 0.717) is 17.2 Å². The Kier molecular flexibility index (Phi) is 12.8. The van der Waals surface area contributed by atoms with Crippen molar-refractivity contribution in [3.05, 3.63) is 46.5 Å². The van der Waals surface area contributed by atoms with Gasteiger partial charge in [0.1, 0.15) is 17.2 Å². The van der Waals surface area contributed by atoms with Crippen molar-refractivity contribution < 1.29 is 39.3 Å². The van der Waals surface area contributed by atoms with Gasteiger partial charge in [0.15, 0.2) is 5.52 Å². The second-order valence-corrected chi connectivity index (χ2v) is 10.2. The van der Waals surface area contributed by atoms with E-state index >= 15 is 0 Å². The second-order valence-electron chi connectivity index (χ2n) is 9.03. The molecule has 6 heteroatoms. The van der Waals surface area contributed by atoms with Gasteiger partial charge in [0.2, 0.25) is 0 Å². The number of carbonyl (C=O) groups excluding carboxylic acids is 1. The van der Waals surface area contributed by atoms with Crippen molar-refractivity contribution in [2.45, 2.75) is 99.9 Å². The first-order chi connectivity index (χ1) is 15.6. The minimum Gasteiger partial charge on any atom is -1.00 e. The first-order valence-electron chi connectivity index (χ1n) is 12.2. The van der Waals surface area contributed by atoms with E-state index in [1.54, 1.807) is 0 Å². The van der Waals surface area contributed by atoms with Crippen LogP contribution in [0.1, 0.15) is 89.3 Å². The molecule has 0 radical (unpaired) electrons. The molecular formula is C28H42LiO4P. The van der Waals surface area contributed by atoms with Crippen LogP contribution in [0.4, 0.5) is 0 Å². The maximum absolute atomic E-state index is 13.6. The molecule has 0 aliphatic carbocycles. The van der Waals surface area contributed by atoms with Gasteiger partial charge in [0.25, 0.3) is 0 Å². The third kappa shape index (κ3) is 8.33. The largest absolute Gasteiger partial charge is 1.00 e. The smallest absolute Gasteiger partial charge is 1.00 e. The zero-order valence-electron chi connectivity index (χ0n) is 23.8. The second kappa shape index (κ2) is 14.2. The molecule has 0 heterocycles. The van der Waals surface area contributed by atoms with Gasteiger partial charge in [0.05, 0.1) is 23.6 Å². The van der Waals surface area contributed by atoms with E-state index in [-0.39, 0.29) is 52.7 Å². The third-order valence-corrected chi connectivity index (χ3v) is 7.12. The number of ether oxygens (including phenoxy) is 3. The molecule has 2 aromatic rings. The fourth-order valence-electron chi connectivity index (χ4n) is 3.57. The van der Waals surface area contributed by atoms with Crippen molar-refractivity contribution in [3.63, 3.8) is 0 Å². The molecule has 2 aromatic carbocycles. The summed E-state index contributed by atoms with van der Waals surface area (Å²) in [5.41, 5.74) is 4.08. The molecule has 0 bridgehead atoms. The minimum atomic E-state index is -0.107. The SMILES string of the molecule is CCC(C)Oc1cc(OC(C)CC)c(PC(=O)c2c(C)cc(C)cc2C)c(OC(C)CC)c1.[H-].[Li+]. The van der Waals surface area contributed by atoms with Crippen molar-refractivity contribution >= 4 is 19.4 Å². The van der Waals surface area contributed by atoms with E-state index in [9.17, 15) is 4.79 Å². The maximum atomic E-state index is 13.6. The molecule has 4 unspecified atom stereocenters. The average Bonchev–Trinajstić information content (AvgIpc) is 2.74. The predicted octanol–water partition coefficient (Wildman–Crippen LogP) is 4.40. The minimum absolute atomic E-state index is 0. The molecule has 0 saturated carbocycles. The van der Waals surface area contributed by atoms with Crippen LogP contribution < -0.4 is 38.4 Å². The van der Waals surface area contributed by atoms with E-state index < -0.39 is 0 Å². The van der Waals surface area contributed by atoms with Crippen molar-refractivity contribution in [2.75, 3.05) is 0 Å². The zero-order chi connectivity index (χ0) is 24.7. The van der Waals surface area contributed by atoms with Gasteiger partial charge in [-0.3, -0.25) is 4.79 Å². The number of hydrogen-bond donors (Lipinski definition) is 0. The van der Waals surface area contributed by atoms with E-state index in [0.717, 1.165) is 46.8 Å². The van der Waals surface area contributed by atoms with Crippen molar-refractivity contribution in [1.82, 2.24) is 0 Å². The van der Waals surface area contributed by atoms with E-state index in [2.05, 4.69) is 39.8 Å². The van der Waals surface area contributed by atoms with Crippen LogP contribution in [0.15, 0.2) is 24.3 Å². The Morgan fingerprint density at radius 2 is 1.21 bits per heavy atom. The molecule has 4 atom stereocenters. The molecule has 0 aliphatic rings. The summed E-state index contributed by atoms with van der Waals surface area (Å²) in [6, 6.07) is 7.99. The van der Waals surface area contributed by atoms with Crippen molar-refractivity contribution in [1.29, 1.82) is 0 Å². The molecule has 4 nitrogen and oxygen atoms in total. The molecule has 0 spiro atoms. The molecule has 0 aliphatic heterocycles. The third-order valence-electron chi connectivity index (χ3n) is 5.90. The summed E-state index contributed by atoms with van der Waals surface area (Å²) >= 11 is 0. The molecular weight excluding hydrogens is 438 g/mol. The fraction of sp³-hybridized carbons (Fsp3) is 0.536. The predicted molar refractivity (Wildman–Crippen MR) is 142 cm³/mol. The van der Waals surface area contributed by atoms with Crippen LogP contribution >= 0.6 is 8.58 Å². The standard InChI is InChI=1S/C28H41O4P.Li.H/c1-10-20(7)30-23-15-24(31-21(8)11-2)27(25(16-23)32-22(9)12-3)33-28(29)26-18(5)13-17(4)14-19(26)6;;/h13-16,20-22,33H,10-12H2,1-9H3;;/q;+1;-1. The van der Waals surface area contributed by atoms with Gasteiger partial charge < -0.3 is 15.6 Å². The summed E-state index contributed by atoms with van der Waals surface area (Å²) in [5.74, 6) is 2.07. The maximum Gasteiger partial charge on any atom is 1.00 e. The Morgan fingerprint density at radius 1 is 0.794 bits per heavy atom. The molecule has 0 N–H and O–H groups in total. The van der Waals surface area contributed by atoms with E-state index in [1.807, 2.05) is 46.8 Å². The average molecular weight is 481 g/mol. The van der Waals surface area contributed by atoms with Gasteiger partial charge in [-0.1, -0.05) is 38.5 Å². The zero-order valence-corrected chi connectivity index (χ0v) is 23.8. The molecule has 0 aromatic heterocycles. The van der Waals surface area contributed by atoms with Gasteiger partial charge in [-0.25, -0.2) is 0 Å². The number of carbonyl (C=O) groups is 1. The number of benzene rings is 2. The van der Waals surface area contributed by atoms with Gasteiger partial charge in [-0.05, 0) is 80.5 Å². The first kappa shape index (κ1) is 30.6. The molecule has 0 amide bonds. The van der Waals surface area contributed by atoms with E-state index in [1.165, 1.54) is 0 Å². The summed E-state index contributed by atoms with van der Waals surface area (Å²) < 4.78 is 18.8. The number of hydrogen-bond acceptors (Lipinski definition) is 4. The Balaban J connectivity index is 0.00000578. The Bertz CT molecular complexity index is 910. The van der Waals surface area contributed by atoms with Gasteiger partial charge in [-0.2, -0.15) is 0 Å². The quantitative estimate of drug-likeness (QED) is 0.334. The normalized spacial score (nSPS) is 13.8. The van der Waals surface area contributed by atoms with Crippen LogP contribution in [0.25, 0.3) is 0 Å². The fourth-order valence-corrected chi connectivity index (χ4v) is 4.83. The van der Waals surface area contributed by atoms with E-state index in [4.69, 9.17) is 14.2 Å². The van der Waals surface area contributed by atoms with Crippen LogP contribution in [-0.2, 0) is 0 Å². The van der Waals surface area contributed by atoms with Crippen LogP contribution in [0.2, 0.25) is 0 Å². The first-order valence-corrected chi connectivity index (χ1v) is 13.2. The van der Waals surface area contributed by atoms with Crippen LogP contribution in [-0.4, -0.2) is 23.8 Å². The molecule has 0 fully saturated rings. The summed E-state index contributed by atoms with van der Waals surface area (Å²) in [5, 5.41) is 0.816. The van der Waals surface area contributed by atoms with Gasteiger partial charge in [0, 0.05) is 17.7 Å². The monoisotopic (exact) mass is 480 g/mol. The summed E-state index contributed by atoms with van der Waals surface area (Å²) in [4.78, 5) is 13.6. The van der Waals surface area contributed by atoms with Gasteiger partial charge >= 0.3 is 18.9 Å². The Labute approximate surface area is 222 Å². The molecule has 2 rings (SSSR count). The molecule has 34 heavy (non-hydrogen) atoms. The van der Waals surface area contributed by atoms with Crippen LogP contribution in [0, 0.1) is 20.8 Å². The topological polar surface area (TPSA) is 44.8 Å². The van der Waals surface area contributed by atoms with Crippen LogP contribution in [0.5, 0.6) is 17.2 Å². The van der Waals surface area contributed by atoms with Crippen LogP contribution in [0.3, 0.4) is 0 Å². The summed E-state index contributed by atoms with van der Waals surface area (Å²) in [6.07, 6.45) is 2.74. The summed E-state index contributed by atoms with van der Waals surface area (Å²) in [6.45, 7) is 18.5. The summed E-state index contributed by atoms with van der Waals surface area (Å²) in [7, 11) is -0.107. The Morgan fingerprint density at radius 3 is 1.62 bits per heavy atom. The van der Waals surface area contributed by atoms with Crippen molar-refractivity contribution in [3.8, 4) is 17.2 Å². The van der Waals surface area contributed by atoms with Crippen molar-refractivity contribution in [2.24, 2.45) is 0 Å². The molecule has 184 valence electrons. The Hall–Kier alpha value is -1.46.